The van der Waals surface area contributed by atoms with E-state index < -0.39 is 0 Å². The van der Waals surface area contributed by atoms with E-state index in [1.54, 1.807) is 0 Å². The standard InChI is InChI=1S/C17H21NO2/c18-13-14-4-6-15(7-5-14)20-16-8-11-19-17(12-16)9-2-1-3-10-17/h4-7,16H,1-3,8-12H2. The van der Waals surface area contributed by atoms with Gasteiger partial charge in [-0.2, -0.15) is 5.26 Å². The highest BCUT2D eigenvalue weighted by Crippen LogP contribution is 2.39. The van der Waals surface area contributed by atoms with Gasteiger partial charge in [-0.3, -0.25) is 0 Å². The second-order valence-corrected chi connectivity index (χ2v) is 5.96. The van der Waals surface area contributed by atoms with Crippen molar-refractivity contribution >= 4 is 0 Å². The summed E-state index contributed by atoms with van der Waals surface area (Å²) in [5.41, 5.74) is 0.751. The molecule has 3 rings (SSSR count). The molecular formula is C17H21NO2. The van der Waals surface area contributed by atoms with Crippen molar-refractivity contribution in [3.8, 4) is 11.8 Å². The quantitative estimate of drug-likeness (QED) is 0.821. The molecule has 0 amide bonds. The molecular weight excluding hydrogens is 250 g/mol. The molecule has 0 N–H and O–H groups in total. The first-order valence-electron chi connectivity index (χ1n) is 7.60. The molecule has 1 heterocycles. The van der Waals surface area contributed by atoms with E-state index in [4.69, 9.17) is 14.7 Å². The Morgan fingerprint density at radius 1 is 1.15 bits per heavy atom. The lowest BCUT2D eigenvalue weighted by molar-refractivity contribution is -0.129. The number of ether oxygens (including phenoxy) is 2. The third-order valence-corrected chi connectivity index (χ3v) is 4.50. The predicted octanol–water partition coefficient (Wildman–Crippen LogP) is 3.82. The van der Waals surface area contributed by atoms with Gasteiger partial charge >= 0.3 is 0 Å². The maximum absolute atomic E-state index is 8.81. The van der Waals surface area contributed by atoms with Crippen LogP contribution in [0, 0.1) is 11.3 Å². The van der Waals surface area contributed by atoms with E-state index in [1.807, 2.05) is 24.3 Å². The lowest BCUT2D eigenvalue weighted by Gasteiger charge is -2.43. The molecule has 2 aliphatic rings. The van der Waals surface area contributed by atoms with Gasteiger partial charge in [0.1, 0.15) is 11.9 Å². The molecule has 2 fully saturated rings. The van der Waals surface area contributed by atoms with Gasteiger partial charge in [-0.15, -0.1) is 0 Å². The molecule has 1 atom stereocenters. The number of benzene rings is 1. The van der Waals surface area contributed by atoms with Crippen LogP contribution in [0.2, 0.25) is 0 Å². The van der Waals surface area contributed by atoms with Crippen LogP contribution in [0.25, 0.3) is 0 Å². The van der Waals surface area contributed by atoms with Crippen molar-refractivity contribution in [2.24, 2.45) is 0 Å². The fraction of sp³-hybridized carbons (Fsp3) is 0.588. The molecule has 1 aliphatic carbocycles. The highest BCUT2D eigenvalue weighted by Gasteiger charge is 2.39. The van der Waals surface area contributed by atoms with E-state index in [2.05, 4.69) is 6.07 Å². The Labute approximate surface area is 120 Å². The SMILES string of the molecule is N#Cc1ccc(OC2CCOC3(CCCCC3)C2)cc1. The Morgan fingerprint density at radius 3 is 2.60 bits per heavy atom. The van der Waals surface area contributed by atoms with Crippen molar-refractivity contribution in [1.29, 1.82) is 5.26 Å². The summed E-state index contributed by atoms with van der Waals surface area (Å²) < 4.78 is 12.2. The second kappa shape index (κ2) is 5.85. The molecule has 1 unspecified atom stereocenters. The third-order valence-electron chi connectivity index (χ3n) is 4.50. The number of rotatable bonds is 2. The molecule has 0 bridgehead atoms. The number of hydrogen-bond acceptors (Lipinski definition) is 3. The lowest BCUT2D eigenvalue weighted by Crippen LogP contribution is -2.45. The van der Waals surface area contributed by atoms with Gasteiger partial charge in [0, 0.05) is 12.8 Å². The maximum atomic E-state index is 8.81. The first-order chi connectivity index (χ1) is 9.80. The lowest BCUT2D eigenvalue weighted by atomic mass is 9.79. The second-order valence-electron chi connectivity index (χ2n) is 5.96. The Kier molecular flexibility index (Phi) is 3.93. The highest BCUT2D eigenvalue weighted by atomic mass is 16.5. The normalized spacial score (nSPS) is 25.1. The van der Waals surface area contributed by atoms with E-state index >= 15 is 0 Å². The molecule has 3 heteroatoms. The number of nitriles is 1. The zero-order valence-corrected chi connectivity index (χ0v) is 11.8. The van der Waals surface area contributed by atoms with Gasteiger partial charge in [-0.05, 0) is 37.1 Å². The first-order valence-corrected chi connectivity index (χ1v) is 7.60. The summed E-state index contributed by atoms with van der Waals surface area (Å²) in [6, 6.07) is 9.53. The van der Waals surface area contributed by atoms with Gasteiger partial charge in [-0.1, -0.05) is 19.3 Å². The molecule has 20 heavy (non-hydrogen) atoms. The van der Waals surface area contributed by atoms with Crippen LogP contribution in [0.5, 0.6) is 5.75 Å². The van der Waals surface area contributed by atoms with Crippen LogP contribution in [0.4, 0.5) is 0 Å². The fourth-order valence-electron chi connectivity index (χ4n) is 3.43. The Balaban J connectivity index is 1.63. The summed E-state index contributed by atoms with van der Waals surface area (Å²) in [7, 11) is 0. The van der Waals surface area contributed by atoms with Crippen molar-refractivity contribution in [2.45, 2.75) is 56.7 Å². The van der Waals surface area contributed by atoms with Gasteiger partial charge in [0.25, 0.3) is 0 Å². The fourth-order valence-corrected chi connectivity index (χ4v) is 3.43. The Bertz CT molecular complexity index is 477. The van der Waals surface area contributed by atoms with Crippen LogP contribution < -0.4 is 4.74 Å². The molecule has 1 aliphatic heterocycles. The first kappa shape index (κ1) is 13.5. The van der Waals surface area contributed by atoms with Crippen LogP contribution >= 0.6 is 0 Å². The number of hydrogen-bond donors (Lipinski definition) is 0. The van der Waals surface area contributed by atoms with E-state index in [9.17, 15) is 0 Å². The average Bonchev–Trinajstić information content (AvgIpc) is 2.49. The molecule has 1 spiro atoms. The highest BCUT2D eigenvalue weighted by molar-refractivity contribution is 5.34. The van der Waals surface area contributed by atoms with E-state index in [0.717, 1.165) is 25.2 Å². The minimum Gasteiger partial charge on any atom is -0.490 e. The molecule has 0 radical (unpaired) electrons. The van der Waals surface area contributed by atoms with E-state index in [1.165, 1.54) is 32.1 Å². The molecule has 1 aromatic rings. The van der Waals surface area contributed by atoms with Crippen molar-refractivity contribution < 1.29 is 9.47 Å². The zero-order valence-electron chi connectivity index (χ0n) is 11.8. The van der Waals surface area contributed by atoms with Crippen molar-refractivity contribution in [3.63, 3.8) is 0 Å². The van der Waals surface area contributed by atoms with Gasteiger partial charge < -0.3 is 9.47 Å². The largest absolute Gasteiger partial charge is 0.490 e. The van der Waals surface area contributed by atoms with E-state index in [-0.39, 0.29) is 11.7 Å². The molecule has 1 saturated carbocycles. The summed E-state index contributed by atoms with van der Waals surface area (Å²) in [4.78, 5) is 0. The molecule has 3 nitrogen and oxygen atoms in total. The van der Waals surface area contributed by atoms with Crippen LogP contribution in [-0.2, 0) is 4.74 Å². The Hall–Kier alpha value is -1.53. The summed E-state index contributed by atoms with van der Waals surface area (Å²) in [6.45, 7) is 0.806. The monoisotopic (exact) mass is 271 g/mol. The summed E-state index contributed by atoms with van der Waals surface area (Å²) in [5, 5.41) is 8.81. The summed E-state index contributed by atoms with van der Waals surface area (Å²) >= 11 is 0. The van der Waals surface area contributed by atoms with Crippen LogP contribution in [0.15, 0.2) is 24.3 Å². The Morgan fingerprint density at radius 2 is 1.90 bits per heavy atom. The van der Waals surface area contributed by atoms with Crippen LogP contribution in [0.1, 0.15) is 50.5 Å². The predicted molar refractivity (Wildman–Crippen MR) is 76.6 cm³/mol. The molecule has 0 aromatic heterocycles. The molecule has 1 aromatic carbocycles. The average molecular weight is 271 g/mol. The van der Waals surface area contributed by atoms with Gasteiger partial charge in [0.2, 0.25) is 0 Å². The maximum Gasteiger partial charge on any atom is 0.119 e. The van der Waals surface area contributed by atoms with Crippen LogP contribution in [0.3, 0.4) is 0 Å². The zero-order chi connectivity index (χ0) is 13.8. The minimum absolute atomic E-state index is 0.0771. The number of nitrogens with zero attached hydrogens (tertiary/aromatic N) is 1. The third kappa shape index (κ3) is 2.96. The van der Waals surface area contributed by atoms with Gasteiger partial charge in [-0.25, -0.2) is 0 Å². The summed E-state index contributed by atoms with van der Waals surface area (Å²) in [6.07, 6.45) is 8.48. The van der Waals surface area contributed by atoms with Gasteiger partial charge in [0.15, 0.2) is 0 Å². The minimum atomic E-state index is 0.0771. The topological polar surface area (TPSA) is 42.2 Å². The van der Waals surface area contributed by atoms with Gasteiger partial charge in [0.05, 0.1) is 23.8 Å². The van der Waals surface area contributed by atoms with Crippen molar-refractivity contribution in [1.82, 2.24) is 0 Å². The molecule has 106 valence electrons. The molecule has 1 saturated heterocycles. The smallest absolute Gasteiger partial charge is 0.119 e. The van der Waals surface area contributed by atoms with Crippen molar-refractivity contribution in [2.75, 3.05) is 6.61 Å². The summed E-state index contributed by atoms with van der Waals surface area (Å²) in [5.74, 6) is 0.863. The van der Waals surface area contributed by atoms with Crippen LogP contribution in [-0.4, -0.2) is 18.3 Å². The van der Waals surface area contributed by atoms with Crippen molar-refractivity contribution in [3.05, 3.63) is 29.8 Å². The van der Waals surface area contributed by atoms with E-state index in [0.29, 0.717) is 5.56 Å².